The highest BCUT2D eigenvalue weighted by Crippen LogP contribution is 2.28. The molecule has 4 heteroatoms. The van der Waals surface area contributed by atoms with Gasteiger partial charge in [0.05, 0.1) is 0 Å². The third-order valence-electron chi connectivity index (χ3n) is 3.37. The molecule has 1 rings (SSSR count). The number of anilines is 1. The van der Waals surface area contributed by atoms with Gasteiger partial charge < -0.3 is 10.6 Å². The Labute approximate surface area is 133 Å². The predicted molar refractivity (Wildman–Crippen MR) is 93.3 cm³/mol. The highest BCUT2D eigenvalue weighted by Gasteiger charge is 2.07. The van der Waals surface area contributed by atoms with Gasteiger partial charge in [-0.1, -0.05) is 27.7 Å². The number of urea groups is 1. The van der Waals surface area contributed by atoms with Crippen LogP contribution in [-0.2, 0) is 0 Å². The van der Waals surface area contributed by atoms with Crippen LogP contribution in [0.2, 0.25) is 0 Å². The van der Waals surface area contributed by atoms with Crippen molar-refractivity contribution in [1.29, 1.82) is 0 Å². The summed E-state index contributed by atoms with van der Waals surface area (Å²) in [4.78, 5) is 13.1. The van der Waals surface area contributed by atoms with Crippen molar-refractivity contribution in [1.82, 2.24) is 5.32 Å². The third-order valence-corrected chi connectivity index (χ3v) is 4.63. The first-order chi connectivity index (χ1) is 9.92. The first-order valence-electron chi connectivity index (χ1n) is 7.74. The van der Waals surface area contributed by atoms with E-state index in [4.69, 9.17) is 0 Å². The molecule has 0 saturated heterocycles. The fraction of sp³-hybridized carbons (Fsp3) is 0.588. The first-order valence-corrected chi connectivity index (χ1v) is 8.62. The molecule has 0 aliphatic carbocycles. The van der Waals surface area contributed by atoms with Gasteiger partial charge in [-0.25, -0.2) is 4.79 Å². The normalized spacial score (nSPS) is 12.3. The zero-order valence-electron chi connectivity index (χ0n) is 13.8. The van der Waals surface area contributed by atoms with E-state index < -0.39 is 0 Å². The summed E-state index contributed by atoms with van der Waals surface area (Å²) in [5.41, 5.74) is 1.98. The molecule has 0 fully saturated rings. The molecule has 2 amide bonds. The Hall–Kier alpha value is -1.16. The summed E-state index contributed by atoms with van der Waals surface area (Å²) in [5, 5.41) is 6.42. The second-order valence-corrected chi connectivity index (χ2v) is 7.39. The van der Waals surface area contributed by atoms with Gasteiger partial charge in [0, 0.05) is 22.4 Å². The molecule has 1 aromatic carbocycles. The maximum atomic E-state index is 11.8. The number of rotatable bonds is 7. The Bertz CT molecular complexity index is 460. The van der Waals surface area contributed by atoms with Gasteiger partial charge in [-0.2, -0.15) is 0 Å². The van der Waals surface area contributed by atoms with Crippen LogP contribution < -0.4 is 10.6 Å². The van der Waals surface area contributed by atoms with Crippen molar-refractivity contribution in [2.75, 3.05) is 11.9 Å². The molecule has 21 heavy (non-hydrogen) atoms. The van der Waals surface area contributed by atoms with Gasteiger partial charge in [-0.05, 0) is 49.4 Å². The monoisotopic (exact) mass is 308 g/mol. The number of hydrogen-bond acceptors (Lipinski definition) is 2. The molecule has 118 valence electrons. The second-order valence-electron chi connectivity index (χ2n) is 5.88. The number of amides is 2. The number of aryl methyl sites for hydroxylation is 1. The van der Waals surface area contributed by atoms with Crippen LogP contribution in [0.4, 0.5) is 10.5 Å². The van der Waals surface area contributed by atoms with Gasteiger partial charge in [-0.3, -0.25) is 0 Å². The van der Waals surface area contributed by atoms with E-state index in [1.807, 2.05) is 24.8 Å². The van der Waals surface area contributed by atoms with Gasteiger partial charge in [0.2, 0.25) is 0 Å². The van der Waals surface area contributed by atoms with E-state index in [2.05, 4.69) is 50.5 Å². The summed E-state index contributed by atoms with van der Waals surface area (Å²) in [6, 6.07) is 6.08. The lowest BCUT2D eigenvalue weighted by atomic mass is 10.1. The molecule has 2 N–H and O–H groups in total. The molecular formula is C17H28N2OS. The van der Waals surface area contributed by atoms with Crippen LogP contribution in [0.5, 0.6) is 0 Å². The van der Waals surface area contributed by atoms with Gasteiger partial charge in [0.15, 0.2) is 0 Å². The van der Waals surface area contributed by atoms with Gasteiger partial charge >= 0.3 is 6.03 Å². The van der Waals surface area contributed by atoms with Crippen molar-refractivity contribution < 1.29 is 4.79 Å². The maximum absolute atomic E-state index is 11.8. The molecule has 0 saturated carbocycles. The fourth-order valence-corrected chi connectivity index (χ4v) is 2.83. The first kappa shape index (κ1) is 17.9. The topological polar surface area (TPSA) is 41.1 Å². The van der Waals surface area contributed by atoms with Crippen molar-refractivity contribution in [2.45, 2.75) is 57.6 Å². The van der Waals surface area contributed by atoms with Crippen molar-refractivity contribution >= 4 is 23.5 Å². The Balaban J connectivity index is 2.54. The van der Waals surface area contributed by atoms with E-state index in [0.29, 0.717) is 17.7 Å². The van der Waals surface area contributed by atoms with Crippen molar-refractivity contribution in [3.8, 4) is 0 Å². The van der Waals surface area contributed by atoms with E-state index >= 15 is 0 Å². The number of thioether (sulfide) groups is 1. The molecule has 1 aromatic rings. The largest absolute Gasteiger partial charge is 0.338 e. The highest BCUT2D eigenvalue weighted by molar-refractivity contribution is 7.99. The van der Waals surface area contributed by atoms with Gasteiger partial charge in [0.1, 0.15) is 0 Å². The van der Waals surface area contributed by atoms with Crippen molar-refractivity contribution in [3.05, 3.63) is 23.8 Å². The average Bonchev–Trinajstić information content (AvgIpc) is 2.41. The van der Waals surface area contributed by atoms with Crippen LogP contribution >= 0.6 is 11.8 Å². The number of benzene rings is 1. The highest BCUT2D eigenvalue weighted by atomic mass is 32.2. The molecule has 0 heterocycles. The summed E-state index contributed by atoms with van der Waals surface area (Å²) < 4.78 is 0. The molecule has 1 unspecified atom stereocenters. The Morgan fingerprint density at radius 3 is 2.57 bits per heavy atom. The molecule has 0 spiro atoms. The summed E-state index contributed by atoms with van der Waals surface area (Å²) >= 11 is 1.87. The number of carbonyl (C=O) groups is 1. The SMILES string of the molecule is CCC(C)Sc1ccc(NC(=O)NCCC(C)C)c(C)c1. The molecule has 0 aliphatic rings. The van der Waals surface area contributed by atoms with Crippen LogP contribution in [0.1, 0.15) is 46.1 Å². The average molecular weight is 308 g/mol. The van der Waals surface area contributed by atoms with Crippen LogP contribution in [0, 0.1) is 12.8 Å². The van der Waals surface area contributed by atoms with Crippen LogP contribution in [-0.4, -0.2) is 17.8 Å². The minimum atomic E-state index is -0.124. The molecule has 0 aliphatic heterocycles. The standard InChI is InChI=1S/C17H28N2OS/c1-6-14(5)21-15-7-8-16(13(4)11-15)19-17(20)18-10-9-12(2)3/h7-8,11-12,14H,6,9-10H2,1-5H3,(H2,18,19,20). The minimum absolute atomic E-state index is 0.124. The smallest absolute Gasteiger partial charge is 0.319 e. The lowest BCUT2D eigenvalue weighted by molar-refractivity contribution is 0.251. The zero-order chi connectivity index (χ0) is 15.8. The molecule has 0 aromatic heterocycles. The van der Waals surface area contributed by atoms with Crippen molar-refractivity contribution in [2.24, 2.45) is 5.92 Å². The molecule has 0 bridgehead atoms. The van der Waals surface area contributed by atoms with Crippen LogP contribution in [0.3, 0.4) is 0 Å². The Morgan fingerprint density at radius 1 is 1.29 bits per heavy atom. The van der Waals surface area contributed by atoms with Crippen LogP contribution in [0.15, 0.2) is 23.1 Å². The lowest BCUT2D eigenvalue weighted by Crippen LogP contribution is -2.30. The zero-order valence-corrected chi connectivity index (χ0v) is 14.6. The maximum Gasteiger partial charge on any atom is 0.319 e. The van der Waals surface area contributed by atoms with E-state index in [1.165, 1.54) is 4.90 Å². The van der Waals surface area contributed by atoms with E-state index in [9.17, 15) is 4.79 Å². The quantitative estimate of drug-likeness (QED) is 0.692. The number of carbonyl (C=O) groups excluding carboxylic acids is 1. The third kappa shape index (κ3) is 6.89. The Kier molecular flexibility index (Phi) is 7.65. The summed E-state index contributed by atoms with van der Waals surface area (Å²) in [7, 11) is 0. The lowest BCUT2D eigenvalue weighted by Gasteiger charge is -2.13. The van der Waals surface area contributed by atoms with E-state index in [-0.39, 0.29) is 6.03 Å². The van der Waals surface area contributed by atoms with Crippen molar-refractivity contribution in [3.63, 3.8) is 0 Å². The fourth-order valence-electron chi connectivity index (χ4n) is 1.81. The second kappa shape index (κ2) is 8.98. The molecule has 0 radical (unpaired) electrons. The van der Waals surface area contributed by atoms with E-state index in [0.717, 1.165) is 24.1 Å². The van der Waals surface area contributed by atoms with Crippen LogP contribution in [0.25, 0.3) is 0 Å². The number of nitrogens with one attached hydrogen (secondary N) is 2. The number of hydrogen-bond donors (Lipinski definition) is 2. The van der Waals surface area contributed by atoms with E-state index in [1.54, 1.807) is 0 Å². The predicted octanol–water partition coefficient (Wildman–Crippen LogP) is 5.05. The summed E-state index contributed by atoms with van der Waals surface area (Å²) in [5.74, 6) is 0.601. The summed E-state index contributed by atoms with van der Waals surface area (Å²) in [6.45, 7) is 11.5. The summed E-state index contributed by atoms with van der Waals surface area (Å²) in [6.07, 6.45) is 2.15. The Morgan fingerprint density at radius 2 is 2.00 bits per heavy atom. The molecular weight excluding hydrogens is 280 g/mol. The van der Waals surface area contributed by atoms with Gasteiger partial charge in [0.25, 0.3) is 0 Å². The minimum Gasteiger partial charge on any atom is -0.338 e. The molecule has 1 atom stereocenters. The van der Waals surface area contributed by atoms with Gasteiger partial charge in [-0.15, -0.1) is 11.8 Å². The molecule has 3 nitrogen and oxygen atoms in total.